The van der Waals surface area contributed by atoms with Gasteiger partial charge in [-0.1, -0.05) is 206 Å². The lowest BCUT2D eigenvalue weighted by molar-refractivity contribution is 0.669. The van der Waals surface area contributed by atoms with Crippen LogP contribution in [0.1, 0.15) is 22.3 Å². The van der Waals surface area contributed by atoms with Crippen molar-refractivity contribution >= 4 is 49.8 Å². The lowest BCUT2D eigenvalue weighted by atomic mass is 9.68. The number of rotatable bonds is 8. The molecule has 0 fully saturated rings. The number of hydrogen-bond donors (Lipinski definition) is 0. The summed E-state index contributed by atoms with van der Waals surface area (Å²) in [5.74, 6) is 0. The van der Waals surface area contributed by atoms with Crippen molar-refractivity contribution in [2.45, 2.75) is 5.41 Å². The van der Waals surface area contributed by atoms with E-state index in [0.29, 0.717) is 0 Å². The van der Waals surface area contributed by atoms with Gasteiger partial charge in [0.1, 0.15) is 11.2 Å². The number of hydrogen-bond acceptors (Lipinski definition) is 2. The molecule has 12 aromatic rings. The van der Waals surface area contributed by atoms with Crippen molar-refractivity contribution in [2.75, 3.05) is 4.90 Å². The molecule has 0 saturated heterocycles. The van der Waals surface area contributed by atoms with Crippen molar-refractivity contribution in [3.05, 3.63) is 283 Å². The van der Waals surface area contributed by atoms with Gasteiger partial charge in [-0.15, -0.1) is 0 Å². The SMILES string of the molecule is c1ccc(C2(c3ccccc3)c3ccccc3-c3c(N(c4ccc(-c5ccc(-c6ccc7ccccc7c6)cc5)cc4)c4cccc(-c5ccc6c(c5)oc5ccccc56)c4)cccc32)cc1. The largest absolute Gasteiger partial charge is 0.456 e. The summed E-state index contributed by atoms with van der Waals surface area (Å²) < 4.78 is 6.39. The molecule has 11 aromatic carbocycles. The maximum atomic E-state index is 6.39. The van der Waals surface area contributed by atoms with Crippen molar-refractivity contribution < 1.29 is 4.42 Å². The second kappa shape index (κ2) is 15.8. The van der Waals surface area contributed by atoms with Gasteiger partial charge in [0, 0.05) is 27.7 Å². The quantitative estimate of drug-likeness (QED) is 0.151. The second-order valence-corrected chi connectivity index (χ2v) is 17.6. The summed E-state index contributed by atoms with van der Waals surface area (Å²) in [5, 5.41) is 4.76. The van der Waals surface area contributed by atoms with Crippen molar-refractivity contribution in [1.29, 1.82) is 0 Å². The predicted molar refractivity (Wildman–Crippen MR) is 280 cm³/mol. The van der Waals surface area contributed by atoms with Gasteiger partial charge >= 0.3 is 0 Å². The van der Waals surface area contributed by atoms with Gasteiger partial charge in [0.05, 0.1) is 11.1 Å². The Kier molecular flexibility index (Phi) is 9.11. The van der Waals surface area contributed by atoms with Crippen LogP contribution in [0.3, 0.4) is 0 Å². The van der Waals surface area contributed by atoms with E-state index in [9.17, 15) is 0 Å². The Labute approximate surface area is 390 Å². The van der Waals surface area contributed by atoms with E-state index in [1.54, 1.807) is 0 Å². The Hall–Kier alpha value is -8.72. The zero-order valence-electron chi connectivity index (χ0n) is 36.7. The van der Waals surface area contributed by atoms with Crippen molar-refractivity contribution in [2.24, 2.45) is 0 Å². The molecule has 0 bridgehead atoms. The summed E-state index contributed by atoms with van der Waals surface area (Å²) in [5.41, 5.74) is 19.0. The first-order chi connectivity index (χ1) is 33.2. The van der Waals surface area contributed by atoms with E-state index in [2.05, 4.69) is 254 Å². The molecular formula is C65H43NO. The number of anilines is 3. The second-order valence-electron chi connectivity index (χ2n) is 17.6. The fourth-order valence-corrected chi connectivity index (χ4v) is 10.8. The van der Waals surface area contributed by atoms with Crippen LogP contribution in [0.25, 0.3) is 77.2 Å². The minimum absolute atomic E-state index is 0.525. The predicted octanol–water partition coefficient (Wildman–Crippen LogP) is 17.6. The lowest BCUT2D eigenvalue weighted by Gasteiger charge is -2.34. The maximum Gasteiger partial charge on any atom is 0.136 e. The van der Waals surface area contributed by atoms with Gasteiger partial charge in [0.25, 0.3) is 0 Å². The van der Waals surface area contributed by atoms with Gasteiger partial charge in [-0.25, -0.2) is 0 Å². The molecule has 2 heteroatoms. The smallest absolute Gasteiger partial charge is 0.136 e. The summed E-state index contributed by atoms with van der Waals surface area (Å²) in [6, 6.07) is 95.1. The molecule has 0 amide bonds. The highest BCUT2D eigenvalue weighted by Crippen LogP contribution is 2.59. The summed E-state index contributed by atoms with van der Waals surface area (Å²) in [6.07, 6.45) is 0. The van der Waals surface area contributed by atoms with E-state index in [1.165, 1.54) is 60.8 Å². The van der Waals surface area contributed by atoms with E-state index in [4.69, 9.17) is 4.42 Å². The van der Waals surface area contributed by atoms with Crippen LogP contribution in [0.5, 0.6) is 0 Å². The van der Waals surface area contributed by atoms with Crippen molar-refractivity contribution in [3.63, 3.8) is 0 Å². The summed E-state index contributed by atoms with van der Waals surface area (Å²) in [4.78, 5) is 2.46. The molecule has 13 rings (SSSR count). The van der Waals surface area contributed by atoms with Crippen LogP contribution in [-0.4, -0.2) is 0 Å². The zero-order chi connectivity index (χ0) is 44.3. The summed E-state index contributed by atoms with van der Waals surface area (Å²) in [7, 11) is 0. The normalized spacial score (nSPS) is 12.6. The Morgan fingerprint density at radius 2 is 0.866 bits per heavy atom. The fourth-order valence-electron chi connectivity index (χ4n) is 10.8. The first-order valence-electron chi connectivity index (χ1n) is 23.1. The molecule has 1 aromatic heterocycles. The number of para-hydroxylation sites is 1. The first-order valence-corrected chi connectivity index (χ1v) is 23.1. The maximum absolute atomic E-state index is 6.39. The van der Waals surface area contributed by atoms with E-state index in [0.717, 1.165) is 55.7 Å². The van der Waals surface area contributed by atoms with E-state index < -0.39 is 5.41 Å². The average molecular weight is 854 g/mol. The monoisotopic (exact) mass is 853 g/mol. The highest BCUT2D eigenvalue weighted by Gasteiger charge is 2.47. The zero-order valence-corrected chi connectivity index (χ0v) is 36.7. The third kappa shape index (κ3) is 6.33. The standard InChI is InChI=1S/C65H43NO/c1-3-18-52(19-4-1)65(53-20-5-2-6-21-53)59-25-11-9-24-58(59)64-60(65)26-14-27-61(64)66(55-22-13-17-49(42-55)51-37-40-57-56-23-10-12-28-62(56)67-63(57)43-51)54-38-35-46(36-39-54)45-29-31-47(32-30-45)50-34-33-44-15-7-8-16-48(44)41-50/h1-43H. The minimum Gasteiger partial charge on any atom is -0.456 e. The minimum atomic E-state index is -0.525. The van der Waals surface area contributed by atoms with Gasteiger partial charge in [-0.3, -0.25) is 0 Å². The Morgan fingerprint density at radius 1 is 0.313 bits per heavy atom. The van der Waals surface area contributed by atoms with Crippen LogP contribution in [0.15, 0.2) is 265 Å². The Balaban J connectivity index is 0.970. The van der Waals surface area contributed by atoms with E-state index in [-0.39, 0.29) is 0 Å². The van der Waals surface area contributed by atoms with Crippen molar-refractivity contribution in [1.82, 2.24) is 0 Å². The molecule has 0 saturated carbocycles. The lowest BCUT2D eigenvalue weighted by Crippen LogP contribution is -2.28. The van der Waals surface area contributed by atoms with Crippen LogP contribution in [0.4, 0.5) is 17.1 Å². The molecule has 0 aliphatic heterocycles. The Bertz CT molecular complexity index is 3750. The van der Waals surface area contributed by atoms with Gasteiger partial charge < -0.3 is 9.32 Å². The number of nitrogens with zero attached hydrogens (tertiary/aromatic N) is 1. The average Bonchev–Trinajstić information content (AvgIpc) is 3.93. The molecule has 0 radical (unpaired) electrons. The van der Waals surface area contributed by atoms with Crippen molar-refractivity contribution in [3.8, 4) is 44.5 Å². The van der Waals surface area contributed by atoms with Crippen LogP contribution in [0.2, 0.25) is 0 Å². The number of furan rings is 1. The molecule has 0 unspecified atom stereocenters. The number of benzene rings is 11. The highest BCUT2D eigenvalue weighted by atomic mass is 16.3. The van der Waals surface area contributed by atoms with Crippen LogP contribution in [0, 0.1) is 0 Å². The molecule has 0 atom stereocenters. The van der Waals surface area contributed by atoms with Crippen LogP contribution < -0.4 is 4.90 Å². The molecule has 0 spiro atoms. The van der Waals surface area contributed by atoms with Crippen LogP contribution >= 0.6 is 0 Å². The molecule has 1 aliphatic carbocycles. The third-order valence-electron chi connectivity index (χ3n) is 13.9. The summed E-state index contributed by atoms with van der Waals surface area (Å²) in [6.45, 7) is 0. The van der Waals surface area contributed by atoms with Gasteiger partial charge in [0.2, 0.25) is 0 Å². The molecule has 1 aliphatic rings. The topological polar surface area (TPSA) is 16.4 Å². The fraction of sp³-hybridized carbons (Fsp3) is 0.0154. The highest BCUT2D eigenvalue weighted by molar-refractivity contribution is 6.06. The molecule has 2 nitrogen and oxygen atoms in total. The molecule has 1 heterocycles. The third-order valence-corrected chi connectivity index (χ3v) is 13.9. The molecular weight excluding hydrogens is 811 g/mol. The van der Waals surface area contributed by atoms with Crippen LogP contribution in [-0.2, 0) is 5.41 Å². The van der Waals surface area contributed by atoms with Gasteiger partial charge in [-0.05, 0) is 127 Å². The molecule has 314 valence electrons. The molecule has 67 heavy (non-hydrogen) atoms. The first kappa shape index (κ1) is 38.7. The van der Waals surface area contributed by atoms with E-state index in [1.807, 2.05) is 12.1 Å². The number of fused-ring (bicyclic) bond motifs is 7. The van der Waals surface area contributed by atoms with Gasteiger partial charge in [-0.2, -0.15) is 0 Å². The van der Waals surface area contributed by atoms with Gasteiger partial charge in [0.15, 0.2) is 0 Å². The van der Waals surface area contributed by atoms with E-state index >= 15 is 0 Å². The summed E-state index contributed by atoms with van der Waals surface area (Å²) >= 11 is 0. The Morgan fingerprint density at radius 3 is 1.64 bits per heavy atom. The molecule has 0 N–H and O–H groups in total.